The van der Waals surface area contributed by atoms with Crippen molar-refractivity contribution in [2.24, 2.45) is 62.8 Å². The third-order valence-corrected chi connectivity index (χ3v) is 12.6. The second kappa shape index (κ2) is 13.1. The van der Waals surface area contributed by atoms with E-state index >= 15 is 0 Å². The first-order valence-corrected chi connectivity index (χ1v) is 16.8. The molecule has 4 aliphatic carbocycles. The van der Waals surface area contributed by atoms with Crippen LogP contribution in [-0.2, 0) is 14.3 Å². The lowest BCUT2D eigenvalue weighted by Gasteiger charge is -2.64. The summed E-state index contributed by atoms with van der Waals surface area (Å²) in [5.41, 5.74) is 10.5. The summed E-state index contributed by atoms with van der Waals surface area (Å²) in [6.07, 6.45) is 8.18. The highest BCUT2D eigenvalue weighted by Crippen LogP contribution is 2.68. The van der Waals surface area contributed by atoms with Gasteiger partial charge >= 0.3 is 5.97 Å². The second-order valence-electron chi connectivity index (χ2n) is 15.0. The zero-order valence-corrected chi connectivity index (χ0v) is 27.6. The molecule has 7 N–H and O–H groups in total. The van der Waals surface area contributed by atoms with E-state index < -0.39 is 23.7 Å². The molecule has 46 heavy (non-hydrogen) atoms. The van der Waals surface area contributed by atoms with Crippen LogP contribution in [0.2, 0.25) is 0 Å². The molecule has 9 heteroatoms. The number of rotatable bonds is 6. The zero-order valence-electron chi connectivity index (χ0n) is 27.6. The molecule has 0 spiro atoms. The lowest BCUT2D eigenvalue weighted by Crippen LogP contribution is -2.63. The van der Waals surface area contributed by atoms with Gasteiger partial charge < -0.3 is 31.5 Å². The first-order valence-electron chi connectivity index (χ1n) is 16.8. The Morgan fingerprint density at radius 2 is 1.83 bits per heavy atom. The summed E-state index contributed by atoms with van der Waals surface area (Å²) in [5, 5.41) is 35.3. The van der Waals surface area contributed by atoms with Gasteiger partial charge in [0, 0.05) is 18.1 Å². The molecule has 11 atom stereocenters. The highest BCUT2D eigenvalue weighted by Gasteiger charge is 2.66. The Balaban J connectivity index is 1.28. The van der Waals surface area contributed by atoms with Gasteiger partial charge in [-0.3, -0.25) is 9.59 Å². The number of ether oxygens (including phenoxy) is 1. The van der Waals surface area contributed by atoms with Crippen LogP contribution >= 0.6 is 0 Å². The Labute approximate surface area is 272 Å². The van der Waals surface area contributed by atoms with Crippen molar-refractivity contribution in [3.63, 3.8) is 0 Å². The number of esters is 1. The molecule has 1 amide bonds. The summed E-state index contributed by atoms with van der Waals surface area (Å²) in [4.78, 5) is 27.0. The summed E-state index contributed by atoms with van der Waals surface area (Å²) in [6, 6.07) is 7.35. The molecule has 1 aromatic rings. The molecule has 9 nitrogen and oxygen atoms in total. The lowest BCUT2D eigenvalue weighted by molar-refractivity contribution is -0.211. The number of nitrogens with two attached hydrogens (primary N) is 2. The van der Waals surface area contributed by atoms with Crippen LogP contribution in [0.1, 0.15) is 89.7 Å². The van der Waals surface area contributed by atoms with Crippen molar-refractivity contribution in [1.82, 2.24) is 0 Å². The number of hydrogen-bond acceptors (Lipinski definition) is 6. The highest BCUT2D eigenvalue weighted by molar-refractivity contribution is 5.99. The van der Waals surface area contributed by atoms with Gasteiger partial charge in [-0.15, -0.1) is 0 Å². The maximum Gasteiger partial charge on any atom is 0.305 e. The standard InChI is InChI=1S/C37H51N3O6/c1-22(5-14-32(44)46-4)26-11-12-27-33-28(20-30(42)36(26,27)3)35(2)17-18-37(45,21-25(35)19-29(33)41)16-15-24-8-6-23(7-9-24)10-13-31(43)40-34(38)39/h6-10,13,22,25-30,33,41-42,45H,5,11-12,14,17-21H2,1-4H3,(H4,38,39,40,43)/b13-10+/t22?,25?,26?,27?,28?,29?,30-,33?,35-,36+,37+/m0/s1. The number of carbonyl (C=O) groups excluding carboxylic acids is 2. The fourth-order valence-electron chi connectivity index (χ4n) is 10.1. The Morgan fingerprint density at radius 1 is 1.11 bits per heavy atom. The number of amides is 1. The van der Waals surface area contributed by atoms with E-state index in [1.165, 1.54) is 13.2 Å². The third kappa shape index (κ3) is 6.49. The number of carbonyl (C=O) groups is 2. The van der Waals surface area contributed by atoms with Crippen molar-refractivity contribution in [3.8, 4) is 11.8 Å². The van der Waals surface area contributed by atoms with Crippen molar-refractivity contribution in [2.45, 2.75) is 96.4 Å². The van der Waals surface area contributed by atoms with Crippen molar-refractivity contribution in [1.29, 1.82) is 0 Å². The number of hydrogen-bond donors (Lipinski definition) is 5. The van der Waals surface area contributed by atoms with Gasteiger partial charge in [-0.25, -0.2) is 0 Å². The molecule has 4 aliphatic rings. The number of fused-ring (bicyclic) bond motifs is 5. The van der Waals surface area contributed by atoms with E-state index in [4.69, 9.17) is 16.2 Å². The van der Waals surface area contributed by atoms with Gasteiger partial charge in [-0.05, 0) is 121 Å². The Hall–Kier alpha value is -3.19. The monoisotopic (exact) mass is 633 g/mol. The van der Waals surface area contributed by atoms with Crippen LogP contribution in [0.4, 0.5) is 0 Å². The van der Waals surface area contributed by atoms with Crippen molar-refractivity contribution < 1.29 is 29.6 Å². The fraction of sp³-hybridized carbons (Fsp3) is 0.649. The molecule has 7 unspecified atom stereocenters. The molecule has 0 saturated heterocycles. The predicted molar refractivity (Wildman–Crippen MR) is 177 cm³/mol. The van der Waals surface area contributed by atoms with Crippen LogP contribution < -0.4 is 11.5 Å². The van der Waals surface area contributed by atoms with Gasteiger partial charge in [-0.1, -0.05) is 44.7 Å². The first-order chi connectivity index (χ1) is 21.7. The molecule has 0 aromatic heterocycles. The Bertz CT molecular complexity index is 1430. The van der Waals surface area contributed by atoms with E-state index in [1.807, 2.05) is 24.3 Å². The van der Waals surface area contributed by atoms with Crippen molar-refractivity contribution >= 4 is 23.9 Å². The minimum absolute atomic E-state index is 0.0970. The van der Waals surface area contributed by atoms with Crippen LogP contribution in [0.15, 0.2) is 35.3 Å². The lowest BCUT2D eigenvalue weighted by atomic mass is 9.42. The van der Waals surface area contributed by atoms with Gasteiger partial charge in [-0.2, -0.15) is 4.99 Å². The van der Waals surface area contributed by atoms with Gasteiger partial charge in [0.1, 0.15) is 5.60 Å². The topological polar surface area (TPSA) is 168 Å². The van der Waals surface area contributed by atoms with Crippen LogP contribution in [0.5, 0.6) is 0 Å². The molecular weight excluding hydrogens is 582 g/mol. The largest absolute Gasteiger partial charge is 0.469 e. The molecular formula is C37H51N3O6. The summed E-state index contributed by atoms with van der Waals surface area (Å²) in [7, 11) is 1.42. The van der Waals surface area contributed by atoms with E-state index in [0.717, 1.165) is 36.8 Å². The molecule has 0 bridgehead atoms. The van der Waals surface area contributed by atoms with Crippen LogP contribution in [0.25, 0.3) is 6.08 Å². The summed E-state index contributed by atoms with van der Waals surface area (Å²) in [5.74, 6) is 6.47. The second-order valence-corrected chi connectivity index (χ2v) is 15.0. The van der Waals surface area contributed by atoms with Gasteiger partial charge in [0.25, 0.3) is 5.91 Å². The van der Waals surface area contributed by atoms with E-state index in [1.54, 1.807) is 6.08 Å². The van der Waals surface area contributed by atoms with E-state index in [2.05, 4.69) is 37.6 Å². The number of aliphatic hydroxyl groups excluding tert-OH is 2. The van der Waals surface area contributed by atoms with E-state index in [0.29, 0.717) is 38.0 Å². The van der Waals surface area contributed by atoms with Gasteiger partial charge in [0.05, 0.1) is 19.3 Å². The van der Waals surface area contributed by atoms with E-state index in [9.17, 15) is 24.9 Å². The maximum atomic E-state index is 11.9. The van der Waals surface area contributed by atoms with Crippen LogP contribution in [-0.4, -0.2) is 58.1 Å². The van der Waals surface area contributed by atoms with Crippen LogP contribution in [0, 0.1) is 58.2 Å². The molecule has 4 saturated carbocycles. The molecule has 0 aliphatic heterocycles. The Kier molecular flexibility index (Phi) is 9.75. The highest BCUT2D eigenvalue weighted by atomic mass is 16.5. The van der Waals surface area contributed by atoms with Crippen molar-refractivity contribution in [3.05, 3.63) is 41.5 Å². The minimum atomic E-state index is -1.16. The summed E-state index contributed by atoms with van der Waals surface area (Å²) >= 11 is 0. The summed E-state index contributed by atoms with van der Waals surface area (Å²) < 4.78 is 4.87. The molecule has 0 radical (unpaired) electrons. The number of aliphatic hydroxyl groups is 3. The van der Waals surface area contributed by atoms with Gasteiger partial charge in [0.2, 0.25) is 0 Å². The average Bonchev–Trinajstić information content (AvgIpc) is 3.37. The molecule has 1 aromatic carbocycles. The smallest absolute Gasteiger partial charge is 0.305 e. The third-order valence-electron chi connectivity index (χ3n) is 12.6. The number of methoxy groups -OCH3 is 1. The first kappa shape index (κ1) is 34.2. The molecule has 5 rings (SSSR count). The quantitative estimate of drug-likeness (QED) is 0.104. The molecule has 250 valence electrons. The number of guanidine groups is 1. The Morgan fingerprint density at radius 3 is 2.50 bits per heavy atom. The normalized spacial score (nSPS) is 38.8. The SMILES string of the molecule is COC(=O)CCC(C)C1CCC2C3C(O)CC4C[C@@](O)(C#Cc5ccc(/C=C/C(=O)N=C(N)N)cc5)CC[C@]4(C)C3C[C@H](O)[C@]12C. The minimum Gasteiger partial charge on any atom is -0.469 e. The predicted octanol–water partition coefficient (Wildman–Crippen LogP) is 3.77. The maximum absolute atomic E-state index is 11.9. The fourth-order valence-corrected chi connectivity index (χ4v) is 10.1. The number of nitrogens with zero attached hydrogens (tertiary/aromatic N) is 1. The van der Waals surface area contributed by atoms with Crippen molar-refractivity contribution in [2.75, 3.05) is 7.11 Å². The number of aliphatic imine (C=N–C) groups is 1. The number of benzene rings is 1. The van der Waals surface area contributed by atoms with Crippen LogP contribution in [0.3, 0.4) is 0 Å². The van der Waals surface area contributed by atoms with Gasteiger partial charge in [0.15, 0.2) is 5.96 Å². The summed E-state index contributed by atoms with van der Waals surface area (Å²) in [6.45, 7) is 6.75. The molecule has 4 fully saturated rings. The zero-order chi connectivity index (χ0) is 33.4. The van der Waals surface area contributed by atoms with E-state index in [-0.39, 0.29) is 52.3 Å². The average molecular weight is 634 g/mol. The molecule has 0 heterocycles.